The number of carbonyl (C=O) groups is 1. The average molecular weight is 245 g/mol. The number of phenols is 3. The predicted molar refractivity (Wildman–Crippen MR) is 65.4 cm³/mol. The van der Waals surface area contributed by atoms with Gasteiger partial charge in [0.05, 0.1) is 5.56 Å². The van der Waals surface area contributed by atoms with Crippen LogP contribution >= 0.6 is 0 Å². The minimum Gasteiger partial charge on any atom is -0.508 e. The molecule has 5 nitrogen and oxygen atoms in total. The van der Waals surface area contributed by atoms with Crippen LogP contribution in [0.25, 0.3) is 11.1 Å². The molecule has 5 heteroatoms. The van der Waals surface area contributed by atoms with E-state index < -0.39 is 5.91 Å². The Balaban J connectivity index is 2.74. The first kappa shape index (κ1) is 11.8. The number of hydrogen-bond donors (Lipinski definition) is 4. The summed E-state index contributed by atoms with van der Waals surface area (Å²) in [7, 11) is 0. The number of amides is 1. The first-order chi connectivity index (χ1) is 8.49. The molecule has 0 spiro atoms. The van der Waals surface area contributed by atoms with Crippen LogP contribution in [-0.4, -0.2) is 21.2 Å². The number of carbonyl (C=O) groups excluding carboxylic acids is 1. The molecular weight excluding hydrogens is 234 g/mol. The molecule has 0 radical (unpaired) electrons. The first-order valence-corrected chi connectivity index (χ1v) is 5.14. The first-order valence-electron chi connectivity index (χ1n) is 5.14. The summed E-state index contributed by atoms with van der Waals surface area (Å²) in [6, 6.07) is 8.30. The maximum absolute atomic E-state index is 11.3. The van der Waals surface area contributed by atoms with Gasteiger partial charge in [-0.05, 0) is 23.8 Å². The Kier molecular flexibility index (Phi) is 2.81. The van der Waals surface area contributed by atoms with Crippen molar-refractivity contribution in [2.24, 2.45) is 5.73 Å². The zero-order valence-corrected chi connectivity index (χ0v) is 9.29. The molecule has 2 aromatic carbocycles. The summed E-state index contributed by atoms with van der Waals surface area (Å²) in [5.41, 5.74) is 5.80. The molecule has 0 heterocycles. The van der Waals surface area contributed by atoms with Crippen LogP contribution in [0.1, 0.15) is 10.4 Å². The predicted octanol–water partition coefficient (Wildman–Crippen LogP) is 1.57. The van der Waals surface area contributed by atoms with E-state index in [0.717, 1.165) is 6.07 Å². The van der Waals surface area contributed by atoms with Gasteiger partial charge in [0, 0.05) is 11.6 Å². The van der Waals surface area contributed by atoms with Gasteiger partial charge in [-0.2, -0.15) is 0 Å². The van der Waals surface area contributed by atoms with Crippen LogP contribution < -0.4 is 5.73 Å². The number of nitrogens with two attached hydrogens (primary N) is 1. The Hall–Kier alpha value is -2.69. The van der Waals surface area contributed by atoms with Gasteiger partial charge in [0.1, 0.15) is 17.2 Å². The van der Waals surface area contributed by atoms with E-state index in [1.165, 1.54) is 18.2 Å². The molecule has 2 rings (SSSR count). The topological polar surface area (TPSA) is 104 Å². The molecule has 1 amide bonds. The lowest BCUT2D eigenvalue weighted by Gasteiger charge is -2.10. The fourth-order valence-electron chi connectivity index (χ4n) is 1.77. The van der Waals surface area contributed by atoms with Gasteiger partial charge in [0.15, 0.2) is 0 Å². The number of primary amides is 1. The van der Waals surface area contributed by atoms with Gasteiger partial charge in [-0.3, -0.25) is 4.79 Å². The highest BCUT2D eigenvalue weighted by molar-refractivity contribution is 6.02. The van der Waals surface area contributed by atoms with Gasteiger partial charge in [0.25, 0.3) is 0 Å². The molecule has 0 aromatic heterocycles. The number of rotatable bonds is 2. The lowest BCUT2D eigenvalue weighted by Crippen LogP contribution is -2.12. The molecule has 18 heavy (non-hydrogen) atoms. The van der Waals surface area contributed by atoms with Gasteiger partial charge in [-0.15, -0.1) is 0 Å². The molecule has 2 aromatic rings. The molecule has 0 aliphatic heterocycles. The standard InChI is InChI=1S/C13H11NO4/c14-13(18)10-5-9(16)6-11(17)12(10)7-2-1-3-8(15)4-7/h1-6,15-17H,(H2,14,18). The molecule has 92 valence electrons. The summed E-state index contributed by atoms with van der Waals surface area (Å²) in [4.78, 5) is 11.3. The lowest BCUT2D eigenvalue weighted by molar-refractivity contribution is 0.1000. The monoisotopic (exact) mass is 245 g/mol. The smallest absolute Gasteiger partial charge is 0.249 e. The van der Waals surface area contributed by atoms with E-state index in [0.29, 0.717) is 5.56 Å². The van der Waals surface area contributed by atoms with Crippen molar-refractivity contribution in [1.29, 1.82) is 0 Å². The maximum Gasteiger partial charge on any atom is 0.249 e. The highest BCUT2D eigenvalue weighted by Crippen LogP contribution is 2.36. The van der Waals surface area contributed by atoms with E-state index in [1.54, 1.807) is 12.1 Å². The Bertz CT molecular complexity index is 622. The van der Waals surface area contributed by atoms with E-state index in [9.17, 15) is 20.1 Å². The number of hydrogen-bond acceptors (Lipinski definition) is 4. The molecule has 0 fully saturated rings. The third-order valence-corrected chi connectivity index (χ3v) is 2.50. The summed E-state index contributed by atoms with van der Waals surface area (Å²) < 4.78 is 0. The van der Waals surface area contributed by atoms with Crippen LogP contribution in [0.2, 0.25) is 0 Å². The van der Waals surface area contributed by atoms with Crippen LogP contribution in [-0.2, 0) is 0 Å². The Morgan fingerprint density at radius 1 is 1.00 bits per heavy atom. The van der Waals surface area contributed by atoms with E-state index in [-0.39, 0.29) is 28.4 Å². The molecule has 0 atom stereocenters. The Labute approximate surface area is 103 Å². The molecule has 0 saturated heterocycles. The highest BCUT2D eigenvalue weighted by atomic mass is 16.3. The van der Waals surface area contributed by atoms with Crippen molar-refractivity contribution in [3.05, 3.63) is 42.0 Å². The Morgan fingerprint density at radius 3 is 2.33 bits per heavy atom. The van der Waals surface area contributed by atoms with Crippen molar-refractivity contribution in [3.63, 3.8) is 0 Å². The minimum atomic E-state index is -0.778. The minimum absolute atomic E-state index is 0.00426. The summed E-state index contributed by atoms with van der Waals surface area (Å²) in [6.07, 6.45) is 0. The van der Waals surface area contributed by atoms with Crippen molar-refractivity contribution >= 4 is 5.91 Å². The molecule has 0 aliphatic carbocycles. The zero-order chi connectivity index (χ0) is 13.3. The third kappa shape index (κ3) is 2.06. The van der Waals surface area contributed by atoms with Crippen LogP contribution in [0.3, 0.4) is 0 Å². The quantitative estimate of drug-likeness (QED) is 0.644. The Morgan fingerprint density at radius 2 is 1.72 bits per heavy atom. The van der Waals surface area contributed by atoms with Gasteiger partial charge >= 0.3 is 0 Å². The lowest BCUT2D eigenvalue weighted by atomic mass is 9.97. The number of phenolic OH excluding ortho intramolecular Hbond substituents is 3. The molecule has 5 N–H and O–H groups in total. The van der Waals surface area contributed by atoms with E-state index in [4.69, 9.17) is 5.73 Å². The highest BCUT2D eigenvalue weighted by Gasteiger charge is 2.16. The van der Waals surface area contributed by atoms with Crippen molar-refractivity contribution in [1.82, 2.24) is 0 Å². The second kappa shape index (κ2) is 4.29. The van der Waals surface area contributed by atoms with Gasteiger partial charge in [-0.1, -0.05) is 12.1 Å². The van der Waals surface area contributed by atoms with Crippen LogP contribution in [0.15, 0.2) is 36.4 Å². The molecule has 0 aliphatic rings. The second-order valence-electron chi connectivity index (χ2n) is 3.80. The normalized spacial score (nSPS) is 10.2. The molecule has 0 unspecified atom stereocenters. The van der Waals surface area contributed by atoms with Crippen molar-refractivity contribution in [2.45, 2.75) is 0 Å². The zero-order valence-electron chi connectivity index (χ0n) is 9.29. The van der Waals surface area contributed by atoms with Crippen molar-refractivity contribution in [2.75, 3.05) is 0 Å². The molecular formula is C13H11NO4. The maximum atomic E-state index is 11.3. The van der Waals surface area contributed by atoms with Gasteiger partial charge in [0.2, 0.25) is 5.91 Å². The third-order valence-electron chi connectivity index (χ3n) is 2.50. The number of aromatic hydroxyl groups is 3. The van der Waals surface area contributed by atoms with Crippen LogP contribution in [0.4, 0.5) is 0 Å². The van der Waals surface area contributed by atoms with Crippen molar-refractivity contribution < 1.29 is 20.1 Å². The largest absolute Gasteiger partial charge is 0.508 e. The fraction of sp³-hybridized carbons (Fsp3) is 0. The average Bonchev–Trinajstić information content (AvgIpc) is 2.27. The fourth-order valence-corrected chi connectivity index (χ4v) is 1.77. The number of benzene rings is 2. The summed E-state index contributed by atoms with van der Waals surface area (Å²) in [5, 5.41) is 28.6. The van der Waals surface area contributed by atoms with Crippen molar-refractivity contribution in [3.8, 4) is 28.4 Å². The van der Waals surface area contributed by atoms with Crippen LogP contribution in [0, 0.1) is 0 Å². The second-order valence-corrected chi connectivity index (χ2v) is 3.80. The molecule has 0 saturated carbocycles. The van der Waals surface area contributed by atoms with E-state index in [1.807, 2.05) is 0 Å². The summed E-state index contributed by atoms with van der Waals surface area (Å²) >= 11 is 0. The SMILES string of the molecule is NC(=O)c1cc(O)cc(O)c1-c1cccc(O)c1. The summed E-state index contributed by atoms with van der Waals surface area (Å²) in [5.74, 6) is -1.32. The summed E-state index contributed by atoms with van der Waals surface area (Å²) in [6.45, 7) is 0. The van der Waals surface area contributed by atoms with Gasteiger partial charge in [-0.25, -0.2) is 0 Å². The van der Waals surface area contributed by atoms with E-state index >= 15 is 0 Å². The van der Waals surface area contributed by atoms with Crippen LogP contribution in [0.5, 0.6) is 17.2 Å². The van der Waals surface area contributed by atoms with Gasteiger partial charge < -0.3 is 21.1 Å². The van der Waals surface area contributed by atoms with E-state index in [2.05, 4.69) is 0 Å². The molecule has 0 bridgehead atoms.